The molecular formula is C15H10F2N2O. The summed E-state index contributed by atoms with van der Waals surface area (Å²) >= 11 is 0. The Morgan fingerprint density at radius 1 is 1.00 bits per heavy atom. The molecule has 0 N–H and O–H groups in total. The van der Waals surface area contributed by atoms with Gasteiger partial charge in [-0.3, -0.25) is 4.79 Å². The van der Waals surface area contributed by atoms with Crippen molar-refractivity contribution in [2.45, 2.75) is 6.42 Å². The number of rotatable bonds is 2. The van der Waals surface area contributed by atoms with Crippen LogP contribution in [0.15, 0.2) is 53.6 Å². The zero-order chi connectivity index (χ0) is 14.1. The van der Waals surface area contributed by atoms with Crippen LogP contribution in [-0.4, -0.2) is 11.6 Å². The second-order valence-electron chi connectivity index (χ2n) is 4.39. The molecule has 0 radical (unpaired) electrons. The van der Waals surface area contributed by atoms with Crippen LogP contribution < -0.4 is 5.01 Å². The number of hydrogen-bond acceptors (Lipinski definition) is 2. The van der Waals surface area contributed by atoms with Crippen LogP contribution in [0.4, 0.5) is 14.5 Å². The topological polar surface area (TPSA) is 32.7 Å². The molecule has 3 rings (SSSR count). The lowest BCUT2D eigenvalue weighted by Crippen LogP contribution is -2.19. The Kier molecular flexibility index (Phi) is 3.02. The van der Waals surface area contributed by atoms with Gasteiger partial charge in [0.15, 0.2) is 0 Å². The van der Waals surface area contributed by atoms with Gasteiger partial charge >= 0.3 is 0 Å². The quantitative estimate of drug-likeness (QED) is 0.826. The first-order chi connectivity index (χ1) is 9.65. The summed E-state index contributed by atoms with van der Waals surface area (Å²) in [4.78, 5) is 11.9. The Labute approximate surface area is 114 Å². The van der Waals surface area contributed by atoms with Gasteiger partial charge in [-0.15, -0.1) is 0 Å². The molecule has 0 bridgehead atoms. The van der Waals surface area contributed by atoms with Crippen LogP contribution in [0.3, 0.4) is 0 Å². The molecule has 100 valence electrons. The zero-order valence-corrected chi connectivity index (χ0v) is 10.4. The van der Waals surface area contributed by atoms with Crippen molar-refractivity contribution >= 4 is 17.3 Å². The molecule has 1 aliphatic rings. The van der Waals surface area contributed by atoms with Crippen LogP contribution in [-0.2, 0) is 4.79 Å². The molecular weight excluding hydrogens is 262 g/mol. The van der Waals surface area contributed by atoms with E-state index in [9.17, 15) is 13.6 Å². The molecule has 20 heavy (non-hydrogen) atoms. The molecule has 1 amide bonds. The van der Waals surface area contributed by atoms with Crippen molar-refractivity contribution in [3.8, 4) is 0 Å². The fourth-order valence-electron chi connectivity index (χ4n) is 2.06. The van der Waals surface area contributed by atoms with E-state index in [2.05, 4.69) is 5.10 Å². The first-order valence-electron chi connectivity index (χ1n) is 6.06. The summed E-state index contributed by atoms with van der Waals surface area (Å²) in [6.07, 6.45) is 0.0261. The van der Waals surface area contributed by atoms with Crippen LogP contribution in [0.2, 0.25) is 0 Å². The van der Waals surface area contributed by atoms with Crippen molar-refractivity contribution < 1.29 is 13.6 Å². The third kappa shape index (κ3) is 2.18. The Balaban J connectivity index is 1.97. The lowest BCUT2D eigenvalue weighted by molar-refractivity contribution is -0.116. The Morgan fingerprint density at radius 3 is 2.40 bits per heavy atom. The van der Waals surface area contributed by atoms with Gasteiger partial charge < -0.3 is 0 Å². The fourth-order valence-corrected chi connectivity index (χ4v) is 2.06. The van der Waals surface area contributed by atoms with Crippen molar-refractivity contribution in [2.75, 3.05) is 5.01 Å². The molecule has 5 heteroatoms. The van der Waals surface area contributed by atoms with Gasteiger partial charge in [-0.05, 0) is 30.3 Å². The molecule has 2 aromatic carbocycles. The Hall–Kier alpha value is -2.56. The number of carbonyl (C=O) groups excluding carboxylic acids is 1. The standard InChI is InChI=1S/C15H10F2N2O/c16-10-5-7-11(8-6-10)19-15(20)9-14(18-19)12-3-1-2-4-13(12)17/h1-8H,9H2. The maximum atomic E-state index is 13.7. The smallest absolute Gasteiger partial charge is 0.253 e. The van der Waals surface area contributed by atoms with Crippen LogP contribution in [0.25, 0.3) is 0 Å². The SMILES string of the molecule is O=C1CC(c2ccccc2F)=NN1c1ccc(F)cc1. The van der Waals surface area contributed by atoms with Gasteiger partial charge in [-0.25, -0.2) is 13.8 Å². The third-order valence-corrected chi connectivity index (χ3v) is 3.03. The second-order valence-corrected chi connectivity index (χ2v) is 4.39. The van der Waals surface area contributed by atoms with E-state index in [1.807, 2.05) is 0 Å². The lowest BCUT2D eigenvalue weighted by atomic mass is 10.1. The van der Waals surface area contributed by atoms with E-state index < -0.39 is 11.6 Å². The molecule has 1 aliphatic heterocycles. The number of benzene rings is 2. The van der Waals surface area contributed by atoms with Crippen LogP contribution in [0.1, 0.15) is 12.0 Å². The number of nitrogens with zero attached hydrogens (tertiary/aromatic N) is 2. The summed E-state index contributed by atoms with van der Waals surface area (Å²) in [5.41, 5.74) is 1.14. The van der Waals surface area contributed by atoms with E-state index in [1.54, 1.807) is 18.2 Å². The first-order valence-corrected chi connectivity index (χ1v) is 6.06. The highest BCUT2D eigenvalue weighted by atomic mass is 19.1. The van der Waals surface area contributed by atoms with E-state index in [4.69, 9.17) is 0 Å². The zero-order valence-electron chi connectivity index (χ0n) is 10.4. The van der Waals surface area contributed by atoms with E-state index in [0.717, 1.165) is 0 Å². The highest BCUT2D eigenvalue weighted by molar-refractivity contribution is 6.19. The first kappa shape index (κ1) is 12.5. The number of hydrogen-bond donors (Lipinski definition) is 0. The van der Waals surface area contributed by atoms with Gasteiger partial charge in [0.05, 0.1) is 17.8 Å². The van der Waals surface area contributed by atoms with Crippen molar-refractivity contribution in [1.82, 2.24) is 0 Å². The van der Waals surface area contributed by atoms with Gasteiger partial charge in [0.2, 0.25) is 0 Å². The average molecular weight is 272 g/mol. The largest absolute Gasteiger partial charge is 0.272 e. The van der Waals surface area contributed by atoms with Gasteiger partial charge in [0, 0.05) is 5.56 Å². The van der Waals surface area contributed by atoms with E-state index in [1.165, 1.54) is 35.3 Å². The predicted octanol–water partition coefficient (Wildman–Crippen LogP) is 3.11. The van der Waals surface area contributed by atoms with Crippen molar-refractivity contribution in [3.05, 3.63) is 65.7 Å². The molecule has 2 aromatic rings. The molecule has 0 saturated heterocycles. The monoisotopic (exact) mass is 272 g/mol. The van der Waals surface area contributed by atoms with Crippen LogP contribution in [0.5, 0.6) is 0 Å². The van der Waals surface area contributed by atoms with Crippen molar-refractivity contribution in [3.63, 3.8) is 0 Å². The summed E-state index contributed by atoms with van der Waals surface area (Å²) in [7, 11) is 0. The minimum atomic E-state index is -0.417. The molecule has 0 atom stereocenters. The summed E-state index contributed by atoms with van der Waals surface area (Å²) < 4.78 is 26.6. The highest BCUT2D eigenvalue weighted by Crippen LogP contribution is 2.23. The molecule has 3 nitrogen and oxygen atoms in total. The molecule has 1 heterocycles. The molecule has 0 aromatic heterocycles. The summed E-state index contributed by atoms with van der Waals surface area (Å²) in [6, 6.07) is 11.6. The van der Waals surface area contributed by atoms with Gasteiger partial charge in [0.25, 0.3) is 5.91 Å². The van der Waals surface area contributed by atoms with Gasteiger partial charge in [-0.1, -0.05) is 18.2 Å². The third-order valence-electron chi connectivity index (χ3n) is 3.03. The Bertz CT molecular complexity index is 695. The minimum Gasteiger partial charge on any atom is -0.272 e. The normalized spacial score (nSPS) is 14.6. The van der Waals surface area contributed by atoms with Crippen molar-refractivity contribution in [2.24, 2.45) is 5.10 Å². The van der Waals surface area contributed by atoms with Crippen molar-refractivity contribution in [1.29, 1.82) is 0 Å². The second kappa shape index (κ2) is 4.85. The Morgan fingerprint density at radius 2 is 1.70 bits per heavy atom. The molecule has 0 spiro atoms. The number of carbonyl (C=O) groups is 1. The molecule has 0 unspecified atom stereocenters. The summed E-state index contributed by atoms with van der Waals surface area (Å²) in [5.74, 6) is -1.08. The maximum absolute atomic E-state index is 13.7. The average Bonchev–Trinajstić information content (AvgIpc) is 2.82. The van der Waals surface area contributed by atoms with E-state index >= 15 is 0 Å². The van der Waals surface area contributed by atoms with Gasteiger partial charge in [-0.2, -0.15) is 5.10 Å². The molecule has 0 aliphatic carbocycles. The molecule has 0 fully saturated rings. The number of amides is 1. The minimum absolute atomic E-state index is 0.0261. The fraction of sp³-hybridized carbons (Fsp3) is 0.0667. The number of anilines is 1. The van der Waals surface area contributed by atoms with E-state index in [-0.39, 0.29) is 12.3 Å². The van der Waals surface area contributed by atoms with Gasteiger partial charge in [0.1, 0.15) is 11.6 Å². The highest BCUT2D eigenvalue weighted by Gasteiger charge is 2.27. The van der Waals surface area contributed by atoms with E-state index in [0.29, 0.717) is 17.0 Å². The lowest BCUT2D eigenvalue weighted by Gasteiger charge is -2.10. The van der Waals surface area contributed by atoms with Crippen LogP contribution >= 0.6 is 0 Å². The predicted molar refractivity (Wildman–Crippen MR) is 71.4 cm³/mol. The maximum Gasteiger partial charge on any atom is 0.253 e. The number of halogens is 2. The molecule has 0 saturated carbocycles. The summed E-state index contributed by atoms with van der Waals surface area (Å²) in [6.45, 7) is 0. The van der Waals surface area contributed by atoms with Crippen LogP contribution in [0, 0.1) is 11.6 Å². The number of hydrazone groups is 1. The summed E-state index contributed by atoms with van der Waals surface area (Å²) in [5, 5.41) is 5.31.